The third-order valence-electron chi connectivity index (χ3n) is 7.52. The minimum absolute atomic E-state index is 0. The lowest BCUT2D eigenvalue weighted by atomic mass is 9.93. The van der Waals surface area contributed by atoms with Crippen molar-refractivity contribution >= 4 is 8.80 Å². The van der Waals surface area contributed by atoms with E-state index in [0.717, 1.165) is 6.42 Å². The number of unbranched alkanes of at least 4 members (excludes halogenated alkanes) is 16. The van der Waals surface area contributed by atoms with Gasteiger partial charge in [0, 0.05) is 26.9 Å². The van der Waals surface area contributed by atoms with Crippen LogP contribution in [0.3, 0.4) is 0 Å². The van der Waals surface area contributed by atoms with Gasteiger partial charge in [0.05, 0.1) is 0 Å². The van der Waals surface area contributed by atoms with Gasteiger partial charge in [-0.25, -0.2) is 0 Å². The molecule has 2 atom stereocenters. The second-order valence-electron chi connectivity index (χ2n) is 9.84. The molecule has 0 saturated heterocycles. The number of rotatable bonds is 25. The van der Waals surface area contributed by atoms with Crippen molar-refractivity contribution in [1.29, 1.82) is 0 Å². The van der Waals surface area contributed by atoms with Crippen LogP contribution in [0.15, 0.2) is 0 Å². The zero-order valence-corrected chi connectivity index (χ0v) is 24.7. The van der Waals surface area contributed by atoms with Crippen molar-refractivity contribution in [3.63, 3.8) is 0 Å². The van der Waals surface area contributed by atoms with Crippen LogP contribution in [0, 0.1) is 5.92 Å². The summed E-state index contributed by atoms with van der Waals surface area (Å²) in [5.74, 6) is 0.642. The van der Waals surface area contributed by atoms with Gasteiger partial charge in [0.15, 0.2) is 0 Å². The molecule has 0 aromatic rings. The zero-order chi connectivity index (χ0) is 23.9. The van der Waals surface area contributed by atoms with Gasteiger partial charge in [-0.3, -0.25) is 0 Å². The lowest BCUT2D eigenvalue weighted by Crippen LogP contribution is -2.49. The Hall–Kier alpha value is 0.0569. The van der Waals surface area contributed by atoms with Gasteiger partial charge >= 0.3 is 8.80 Å². The summed E-state index contributed by atoms with van der Waals surface area (Å²) >= 11 is 0. The minimum Gasteiger partial charge on any atom is -0.377 e. The van der Waals surface area contributed by atoms with E-state index in [4.69, 9.17) is 13.3 Å². The molecule has 0 aliphatic heterocycles. The maximum atomic E-state index is 5.80. The SMILES string of the molecule is CCCCCCCCCCCCCCCCCCCC(CC)C(CC)[Si](OC)(OC)OC.N. The summed E-state index contributed by atoms with van der Waals surface area (Å²) in [6.07, 6.45) is 27.8. The highest BCUT2D eigenvalue weighted by atomic mass is 28.4. The highest BCUT2D eigenvalue weighted by molar-refractivity contribution is 6.62. The van der Waals surface area contributed by atoms with E-state index in [0.29, 0.717) is 11.5 Å². The van der Waals surface area contributed by atoms with Crippen LogP contribution in [-0.2, 0) is 13.3 Å². The van der Waals surface area contributed by atoms with Crippen molar-refractivity contribution in [2.45, 2.75) is 155 Å². The molecule has 2 unspecified atom stereocenters. The number of hydrogen-bond donors (Lipinski definition) is 1. The van der Waals surface area contributed by atoms with Crippen molar-refractivity contribution in [2.24, 2.45) is 5.92 Å². The summed E-state index contributed by atoms with van der Waals surface area (Å²) in [5, 5.41) is 0. The minimum atomic E-state index is -2.54. The Morgan fingerprint density at radius 3 is 1.09 bits per heavy atom. The van der Waals surface area contributed by atoms with Crippen LogP contribution in [-0.4, -0.2) is 30.1 Å². The molecule has 0 saturated carbocycles. The van der Waals surface area contributed by atoms with Gasteiger partial charge in [0.25, 0.3) is 0 Å². The largest absolute Gasteiger partial charge is 0.503 e. The normalized spacial score (nSPS) is 13.6. The molecule has 0 aromatic heterocycles. The molecule has 202 valence electrons. The summed E-state index contributed by atoms with van der Waals surface area (Å²) in [6, 6.07) is 0. The average molecular weight is 490 g/mol. The Morgan fingerprint density at radius 2 is 0.818 bits per heavy atom. The second-order valence-corrected chi connectivity index (χ2v) is 13.0. The van der Waals surface area contributed by atoms with E-state index in [1.54, 1.807) is 21.3 Å². The van der Waals surface area contributed by atoms with Gasteiger partial charge in [-0.2, -0.15) is 0 Å². The van der Waals surface area contributed by atoms with E-state index in [1.165, 1.54) is 122 Å². The van der Waals surface area contributed by atoms with Crippen LogP contribution in [0.4, 0.5) is 0 Å². The molecule has 0 fully saturated rings. The maximum Gasteiger partial charge on any atom is 0.503 e. The lowest BCUT2D eigenvalue weighted by Gasteiger charge is -2.36. The Labute approximate surface area is 210 Å². The summed E-state index contributed by atoms with van der Waals surface area (Å²) < 4.78 is 17.4. The van der Waals surface area contributed by atoms with Crippen LogP contribution in [0.5, 0.6) is 0 Å². The molecule has 33 heavy (non-hydrogen) atoms. The van der Waals surface area contributed by atoms with Crippen LogP contribution in [0.1, 0.15) is 149 Å². The van der Waals surface area contributed by atoms with Crippen LogP contribution in [0.2, 0.25) is 5.54 Å². The first-order valence-electron chi connectivity index (χ1n) is 14.3. The molecular weight excluding hydrogens is 426 g/mol. The summed E-state index contributed by atoms with van der Waals surface area (Å²) in [6.45, 7) is 6.85. The molecule has 0 amide bonds. The van der Waals surface area contributed by atoms with E-state index in [1.807, 2.05) is 0 Å². The maximum absolute atomic E-state index is 5.80. The molecule has 0 rings (SSSR count). The van der Waals surface area contributed by atoms with Crippen molar-refractivity contribution in [3.05, 3.63) is 0 Å². The highest BCUT2D eigenvalue weighted by Gasteiger charge is 2.49. The topological polar surface area (TPSA) is 62.7 Å². The molecule has 0 bridgehead atoms. The Bertz CT molecular complexity index is 372. The molecule has 5 heteroatoms. The first-order valence-corrected chi connectivity index (χ1v) is 16.1. The molecule has 0 aromatic carbocycles. The van der Waals surface area contributed by atoms with Gasteiger partial charge < -0.3 is 19.4 Å². The van der Waals surface area contributed by atoms with E-state index in [9.17, 15) is 0 Å². The van der Waals surface area contributed by atoms with Crippen molar-refractivity contribution in [1.82, 2.24) is 6.15 Å². The third kappa shape index (κ3) is 16.4. The third-order valence-corrected chi connectivity index (χ3v) is 11.0. The van der Waals surface area contributed by atoms with Crippen molar-refractivity contribution in [2.75, 3.05) is 21.3 Å². The van der Waals surface area contributed by atoms with E-state index in [2.05, 4.69) is 20.8 Å². The van der Waals surface area contributed by atoms with Gasteiger partial charge in [-0.15, -0.1) is 0 Å². The molecule has 4 nitrogen and oxygen atoms in total. The quantitative estimate of drug-likeness (QED) is 0.102. The smallest absolute Gasteiger partial charge is 0.377 e. The molecule has 0 radical (unpaired) electrons. The van der Waals surface area contributed by atoms with Crippen molar-refractivity contribution < 1.29 is 13.3 Å². The fourth-order valence-corrected chi connectivity index (χ4v) is 8.29. The fourth-order valence-electron chi connectivity index (χ4n) is 5.40. The molecule has 3 N–H and O–H groups in total. The Kier molecular flexibility index (Phi) is 26.9. The predicted molar refractivity (Wildman–Crippen MR) is 148 cm³/mol. The summed E-state index contributed by atoms with van der Waals surface area (Å²) in [5.41, 5.74) is 0.411. The molecule has 0 aliphatic rings. The van der Waals surface area contributed by atoms with E-state index >= 15 is 0 Å². The molecule has 0 aliphatic carbocycles. The zero-order valence-electron chi connectivity index (χ0n) is 23.7. The molecule has 0 spiro atoms. The fraction of sp³-hybridized carbons (Fsp3) is 1.00. The monoisotopic (exact) mass is 489 g/mol. The second kappa shape index (κ2) is 25.2. The van der Waals surface area contributed by atoms with E-state index < -0.39 is 8.80 Å². The first kappa shape index (κ1) is 35.2. The van der Waals surface area contributed by atoms with E-state index in [-0.39, 0.29) is 6.15 Å². The van der Waals surface area contributed by atoms with Crippen LogP contribution < -0.4 is 6.15 Å². The first-order chi connectivity index (χ1) is 15.7. The Morgan fingerprint density at radius 1 is 0.485 bits per heavy atom. The summed E-state index contributed by atoms with van der Waals surface area (Å²) in [7, 11) is 2.72. The van der Waals surface area contributed by atoms with Crippen LogP contribution in [0.25, 0.3) is 0 Å². The van der Waals surface area contributed by atoms with Gasteiger partial charge in [-0.05, 0) is 12.3 Å². The predicted octanol–water partition coefficient (Wildman–Crippen LogP) is 9.87. The standard InChI is InChI=1S/C28H60O3Si.H3N/c1-7-10-11-12-13-14-15-16-17-18-19-20-21-22-23-24-25-26-27(8-2)28(9-3)32(29-4,30-5)31-6;/h27-28H,7-26H2,1-6H3;1H3. The lowest BCUT2D eigenvalue weighted by molar-refractivity contribution is 0.0978. The molecular formula is C28H63NO3Si. The van der Waals surface area contributed by atoms with Gasteiger partial charge in [0.1, 0.15) is 0 Å². The van der Waals surface area contributed by atoms with Crippen molar-refractivity contribution in [3.8, 4) is 0 Å². The highest BCUT2D eigenvalue weighted by Crippen LogP contribution is 2.39. The van der Waals surface area contributed by atoms with Gasteiger partial charge in [-0.1, -0.05) is 143 Å². The number of hydrogen-bond acceptors (Lipinski definition) is 4. The average Bonchev–Trinajstić information content (AvgIpc) is 2.82. The summed E-state index contributed by atoms with van der Waals surface area (Å²) in [4.78, 5) is 0. The Balaban J connectivity index is 0. The van der Waals surface area contributed by atoms with Crippen LogP contribution >= 0.6 is 0 Å². The molecule has 0 heterocycles. The van der Waals surface area contributed by atoms with Gasteiger partial charge in [0.2, 0.25) is 0 Å².